The molecule has 2 aromatic heterocycles. The Kier molecular flexibility index (Phi) is 3.48. The fourth-order valence-corrected chi connectivity index (χ4v) is 1.72. The Balaban J connectivity index is 2.43. The van der Waals surface area contributed by atoms with Gasteiger partial charge in [-0.2, -0.15) is 4.98 Å². The van der Waals surface area contributed by atoms with Gasteiger partial charge in [0.05, 0.1) is 18.4 Å². The van der Waals surface area contributed by atoms with E-state index in [1.165, 1.54) is 0 Å². The van der Waals surface area contributed by atoms with Crippen LogP contribution in [0, 0.1) is 6.92 Å². The fourth-order valence-electron chi connectivity index (χ4n) is 1.72. The summed E-state index contributed by atoms with van der Waals surface area (Å²) in [5.74, 6) is 1.17. The first-order valence-corrected chi connectivity index (χ1v) is 5.98. The highest BCUT2D eigenvalue weighted by atomic mass is 16.5. The summed E-state index contributed by atoms with van der Waals surface area (Å²) in [7, 11) is 1.57. The van der Waals surface area contributed by atoms with Crippen molar-refractivity contribution in [3.8, 4) is 17.0 Å². The molecule has 2 heterocycles. The number of pyridine rings is 1. The molecule has 2 aromatic rings. The molecule has 0 aliphatic heterocycles. The number of aryl methyl sites for hydroxylation is 1. The first kappa shape index (κ1) is 13.4. The SMILES string of the molecule is COc1nc(C)ncc1-c1ccc(C(C)(C)O)nc1. The highest BCUT2D eigenvalue weighted by molar-refractivity contribution is 5.66. The van der Waals surface area contributed by atoms with Crippen LogP contribution in [0.2, 0.25) is 0 Å². The van der Waals surface area contributed by atoms with E-state index in [-0.39, 0.29) is 0 Å². The lowest BCUT2D eigenvalue weighted by atomic mass is 10.0. The average molecular weight is 259 g/mol. The molecule has 0 amide bonds. The Morgan fingerprint density at radius 2 is 1.89 bits per heavy atom. The van der Waals surface area contributed by atoms with E-state index >= 15 is 0 Å². The molecule has 1 N–H and O–H groups in total. The van der Waals surface area contributed by atoms with Crippen LogP contribution in [0.1, 0.15) is 25.4 Å². The maximum Gasteiger partial charge on any atom is 0.224 e. The molecule has 5 heteroatoms. The second-order valence-corrected chi connectivity index (χ2v) is 4.83. The van der Waals surface area contributed by atoms with E-state index in [1.807, 2.05) is 13.0 Å². The first-order chi connectivity index (χ1) is 8.91. The van der Waals surface area contributed by atoms with E-state index < -0.39 is 5.60 Å². The molecule has 19 heavy (non-hydrogen) atoms. The summed E-state index contributed by atoms with van der Waals surface area (Å²) in [6.45, 7) is 5.21. The van der Waals surface area contributed by atoms with E-state index in [2.05, 4.69) is 15.0 Å². The summed E-state index contributed by atoms with van der Waals surface area (Å²) in [5.41, 5.74) is 1.29. The summed E-state index contributed by atoms with van der Waals surface area (Å²) < 4.78 is 5.25. The van der Waals surface area contributed by atoms with Gasteiger partial charge in [0.25, 0.3) is 0 Å². The van der Waals surface area contributed by atoms with Gasteiger partial charge in [-0.3, -0.25) is 4.98 Å². The van der Waals surface area contributed by atoms with E-state index in [1.54, 1.807) is 39.4 Å². The van der Waals surface area contributed by atoms with Gasteiger partial charge in [0.15, 0.2) is 0 Å². The van der Waals surface area contributed by atoms with Gasteiger partial charge >= 0.3 is 0 Å². The second kappa shape index (κ2) is 4.93. The number of nitrogens with zero attached hydrogens (tertiary/aromatic N) is 3. The van der Waals surface area contributed by atoms with Gasteiger partial charge in [-0.15, -0.1) is 0 Å². The minimum absolute atomic E-state index is 0.519. The van der Waals surface area contributed by atoms with Crippen molar-refractivity contribution in [3.05, 3.63) is 36.0 Å². The molecule has 0 aromatic carbocycles. The van der Waals surface area contributed by atoms with Crippen molar-refractivity contribution in [2.75, 3.05) is 7.11 Å². The molecular weight excluding hydrogens is 242 g/mol. The van der Waals surface area contributed by atoms with Gasteiger partial charge < -0.3 is 9.84 Å². The third-order valence-electron chi connectivity index (χ3n) is 2.77. The van der Waals surface area contributed by atoms with Crippen LogP contribution in [0.15, 0.2) is 24.5 Å². The Morgan fingerprint density at radius 3 is 2.42 bits per heavy atom. The fraction of sp³-hybridized carbons (Fsp3) is 0.357. The molecule has 2 rings (SSSR count). The Morgan fingerprint density at radius 1 is 1.16 bits per heavy atom. The van der Waals surface area contributed by atoms with Crippen LogP contribution in [0.25, 0.3) is 11.1 Å². The van der Waals surface area contributed by atoms with Crippen LogP contribution in [-0.4, -0.2) is 27.2 Å². The van der Waals surface area contributed by atoms with Crippen molar-refractivity contribution in [3.63, 3.8) is 0 Å². The van der Waals surface area contributed by atoms with Crippen molar-refractivity contribution >= 4 is 0 Å². The Labute approximate surface area is 112 Å². The number of methoxy groups -OCH3 is 1. The number of hydrogen-bond donors (Lipinski definition) is 1. The van der Waals surface area contributed by atoms with Crippen LogP contribution >= 0.6 is 0 Å². The number of ether oxygens (including phenoxy) is 1. The molecule has 0 saturated heterocycles. The highest BCUT2D eigenvalue weighted by Gasteiger charge is 2.18. The predicted molar refractivity (Wildman–Crippen MR) is 71.8 cm³/mol. The number of aromatic nitrogens is 3. The zero-order chi connectivity index (χ0) is 14.0. The van der Waals surface area contributed by atoms with Crippen molar-refractivity contribution in [2.45, 2.75) is 26.4 Å². The summed E-state index contributed by atoms with van der Waals surface area (Å²) in [6.07, 6.45) is 3.39. The predicted octanol–water partition coefficient (Wildman–Crippen LogP) is 2.08. The topological polar surface area (TPSA) is 68.1 Å². The molecule has 0 atom stereocenters. The molecule has 0 bridgehead atoms. The van der Waals surface area contributed by atoms with Crippen molar-refractivity contribution in [2.24, 2.45) is 0 Å². The minimum Gasteiger partial charge on any atom is -0.480 e. The molecule has 0 fully saturated rings. The van der Waals surface area contributed by atoms with Gasteiger partial charge in [-0.05, 0) is 26.8 Å². The molecule has 0 radical (unpaired) electrons. The van der Waals surface area contributed by atoms with Crippen molar-refractivity contribution in [1.29, 1.82) is 0 Å². The molecule has 0 aliphatic carbocycles. The standard InChI is InChI=1S/C14H17N3O2/c1-9-15-8-11(13(17-9)19-4)10-5-6-12(16-7-10)14(2,3)18/h5-8,18H,1-4H3. The maximum absolute atomic E-state index is 9.88. The van der Waals surface area contributed by atoms with Crippen molar-refractivity contribution < 1.29 is 9.84 Å². The van der Waals surface area contributed by atoms with Gasteiger partial charge in [0, 0.05) is 18.0 Å². The summed E-state index contributed by atoms with van der Waals surface area (Å²) in [6, 6.07) is 3.66. The smallest absolute Gasteiger partial charge is 0.224 e. The highest BCUT2D eigenvalue weighted by Crippen LogP contribution is 2.28. The number of hydrogen-bond acceptors (Lipinski definition) is 5. The van der Waals surface area contributed by atoms with E-state index in [9.17, 15) is 5.11 Å². The Hall–Kier alpha value is -2.01. The van der Waals surface area contributed by atoms with Crippen LogP contribution in [0.3, 0.4) is 0 Å². The third kappa shape index (κ3) is 2.88. The van der Waals surface area contributed by atoms with Crippen LogP contribution in [0.4, 0.5) is 0 Å². The quantitative estimate of drug-likeness (QED) is 0.914. The summed E-state index contributed by atoms with van der Waals surface area (Å²) >= 11 is 0. The van der Waals surface area contributed by atoms with Crippen LogP contribution < -0.4 is 4.74 Å². The number of rotatable bonds is 3. The van der Waals surface area contributed by atoms with Gasteiger partial charge in [0.1, 0.15) is 11.4 Å². The lowest BCUT2D eigenvalue weighted by Crippen LogP contribution is -2.17. The minimum atomic E-state index is -0.952. The van der Waals surface area contributed by atoms with E-state index in [0.717, 1.165) is 11.1 Å². The van der Waals surface area contributed by atoms with E-state index in [4.69, 9.17) is 4.74 Å². The molecule has 5 nitrogen and oxygen atoms in total. The van der Waals surface area contributed by atoms with Crippen LogP contribution in [0.5, 0.6) is 5.88 Å². The van der Waals surface area contributed by atoms with E-state index in [0.29, 0.717) is 17.4 Å². The molecule has 100 valence electrons. The molecule has 0 unspecified atom stereocenters. The van der Waals surface area contributed by atoms with Gasteiger partial charge in [-0.1, -0.05) is 6.07 Å². The second-order valence-electron chi connectivity index (χ2n) is 4.83. The molecule has 0 aliphatic rings. The largest absolute Gasteiger partial charge is 0.480 e. The lowest BCUT2D eigenvalue weighted by Gasteiger charge is -2.16. The lowest BCUT2D eigenvalue weighted by molar-refractivity contribution is 0.0739. The molecule has 0 spiro atoms. The van der Waals surface area contributed by atoms with Crippen molar-refractivity contribution in [1.82, 2.24) is 15.0 Å². The number of aliphatic hydroxyl groups is 1. The summed E-state index contributed by atoms with van der Waals surface area (Å²) in [5, 5.41) is 9.88. The zero-order valence-electron chi connectivity index (χ0n) is 11.5. The maximum atomic E-state index is 9.88. The third-order valence-corrected chi connectivity index (χ3v) is 2.77. The molecular formula is C14H17N3O2. The summed E-state index contributed by atoms with van der Waals surface area (Å²) in [4.78, 5) is 12.7. The van der Waals surface area contributed by atoms with Gasteiger partial charge in [0.2, 0.25) is 5.88 Å². The normalized spacial score (nSPS) is 11.4. The average Bonchev–Trinajstić information content (AvgIpc) is 2.37. The monoisotopic (exact) mass is 259 g/mol. The Bertz CT molecular complexity index is 574. The van der Waals surface area contributed by atoms with Gasteiger partial charge in [-0.25, -0.2) is 4.98 Å². The first-order valence-electron chi connectivity index (χ1n) is 5.98. The zero-order valence-corrected chi connectivity index (χ0v) is 11.5. The molecule has 0 saturated carbocycles. The van der Waals surface area contributed by atoms with Crippen LogP contribution in [-0.2, 0) is 5.60 Å².